The molecule has 1 aromatic carbocycles. The van der Waals surface area contributed by atoms with Gasteiger partial charge in [0, 0.05) is 17.4 Å². The molecule has 0 amide bonds. The van der Waals surface area contributed by atoms with E-state index >= 15 is 0 Å². The van der Waals surface area contributed by atoms with Crippen LogP contribution in [0.5, 0.6) is 5.75 Å². The Morgan fingerprint density at radius 2 is 1.69 bits per heavy atom. The van der Waals surface area contributed by atoms with E-state index in [9.17, 15) is 4.79 Å². The molecule has 0 heterocycles. The van der Waals surface area contributed by atoms with E-state index in [0.29, 0.717) is 11.7 Å². The van der Waals surface area contributed by atoms with Crippen LogP contribution < -0.4 is 4.74 Å². The molecule has 0 radical (unpaired) electrons. The van der Waals surface area contributed by atoms with Crippen molar-refractivity contribution >= 4 is 5.97 Å². The molecule has 3 nitrogen and oxygen atoms in total. The zero-order valence-corrected chi connectivity index (χ0v) is 17.2. The lowest BCUT2D eigenvalue weighted by Gasteiger charge is -2.26. The highest BCUT2D eigenvalue weighted by Crippen LogP contribution is 2.32. The number of ether oxygens (including phenoxy) is 1. The number of nitriles is 1. The summed E-state index contributed by atoms with van der Waals surface area (Å²) >= 11 is 0. The monoisotopic (exact) mass is 389 g/mol. The number of carbonyl (C=O) groups is 1. The minimum absolute atomic E-state index is 0.0259. The molecule has 29 heavy (non-hydrogen) atoms. The Bertz CT molecular complexity index is 777. The Morgan fingerprint density at radius 1 is 1.03 bits per heavy atom. The van der Waals surface area contributed by atoms with E-state index in [1.165, 1.54) is 6.42 Å². The predicted octanol–water partition coefficient (Wildman–Crippen LogP) is 6.05. The lowest BCUT2D eigenvalue weighted by Crippen LogP contribution is -2.25. The van der Waals surface area contributed by atoms with Gasteiger partial charge in [-0.05, 0) is 94.4 Å². The normalized spacial score (nSPS) is 26.4. The molecule has 1 aromatic rings. The maximum Gasteiger partial charge on any atom is 0.314 e. The molecule has 0 aliphatic heterocycles. The third kappa shape index (κ3) is 6.50. The second-order valence-corrected chi connectivity index (χ2v) is 8.48. The summed E-state index contributed by atoms with van der Waals surface area (Å²) in [7, 11) is 0. The molecule has 0 atom stereocenters. The highest BCUT2D eigenvalue weighted by Gasteiger charge is 2.27. The third-order valence-electron chi connectivity index (χ3n) is 6.36. The van der Waals surface area contributed by atoms with Crippen molar-refractivity contribution in [2.24, 2.45) is 23.7 Å². The average molecular weight is 390 g/mol. The van der Waals surface area contributed by atoms with E-state index in [2.05, 4.69) is 24.5 Å². The SMILES string of the molecule is C=CCCC1CCC(C(=O)Oc2ccc(C#CC3CCC(C#N)CC3)cc2)CC1. The maximum atomic E-state index is 12.5. The first-order chi connectivity index (χ1) is 14.2. The van der Waals surface area contributed by atoms with Gasteiger partial charge in [-0.1, -0.05) is 17.9 Å². The summed E-state index contributed by atoms with van der Waals surface area (Å²) in [6, 6.07) is 9.87. The molecule has 2 fully saturated rings. The van der Waals surface area contributed by atoms with Gasteiger partial charge >= 0.3 is 5.97 Å². The Kier molecular flexibility index (Phi) is 7.94. The molecule has 2 aliphatic carbocycles. The number of hydrogen-bond acceptors (Lipinski definition) is 3. The molecule has 2 aliphatic rings. The fraction of sp³-hybridized carbons (Fsp3) is 0.538. The zero-order chi connectivity index (χ0) is 20.5. The van der Waals surface area contributed by atoms with Gasteiger partial charge in [0.2, 0.25) is 0 Å². The summed E-state index contributed by atoms with van der Waals surface area (Å²) in [5.74, 6) is 8.43. The van der Waals surface area contributed by atoms with Crippen molar-refractivity contribution in [2.75, 3.05) is 0 Å². The first-order valence-corrected chi connectivity index (χ1v) is 11.0. The van der Waals surface area contributed by atoms with Crippen LogP contribution in [0.4, 0.5) is 0 Å². The van der Waals surface area contributed by atoms with Crippen molar-refractivity contribution in [1.29, 1.82) is 5.26 Å². The Hall–Kier alpha value is -2.52. The van der Waals surface area contributed by atoms with Crippen LogP contribution >= 0.6 is 0 Å². The molecule has 2 saturated carbocycles. The van der Waals surface area contributed by atoms with E-state index in [0.717, 1.165) is 69.3 Å². The summed E-state index contributed by atoms with van der Waals surface area (Å²) in [6.07, 6.45) is 12.2. The number of allylic oxidation sites excluding steroid dienone is 1. The van der Waals surface area contributed by atoms with Gasteiger partial charge in [-0.3, -0.25) is 4.79 Å². The topological polar surface area (TPSA) is 50.1 Å². The number of benzene rings is 1. The Balaban J connectivity index is 1.45. The van der Waals surface area contributed by atoms with Gasteiger partial charge in [0.15, 0.2) is 0 Å². The summed E-state index contributed by atoms with van der Waals surface area (Å²) in [5, 5.41) is 8.97. The van der Waals surface area contributed by atoms with E-state index in [4.69, 9.17) is 10.00 Å². The zero-order valence-electron chi connectivity index (χ0n) is 17.2. The molecule has 3 heteroatoms. The van der Waals surface area contributed by atoms with Crippen LogP contribution in [0, 0.1) is 46.8 Å². The van der Waals surface area contributed by atoms with E-state index in [1.807, 2.05) is 30.3 Å². The molecular weight excluding hydrogens is 358 g/mol. The van der Waals surface area contributed by atoms with Crippen molar-refractivity contribution in [3.05, 3.63) is 42.5 Å². The summed E-state index contributed by atoms with van der Waals surface area (Å²) in [5.41, 5.74) is 0.940. The Labute approximate surface area is 175 Å². The van der Waals surface area contributed by atoms with Gasteiger partial charge in [0.25, 0.3) is 0 Å². The smallest absolute Gasteiger partial charge is 0.314 e. The quantitative estimate of drug-likeness (QED) is 0.267. The second kappa shape index (κ2) is 10.9. The van der Waals surface area contributed by atoms with Crippen LogP contribution in [0.3, 0.4) is 0 Å². The predicted molar refractivity (Wildman–Crippen MR) is 115 cm³/mol. The summed E-state index contributed by atoms with van der Waals surface area (Å²) in [4.78, 5) is 12.5. The fourth-order valence-electron chi connectivity index (χ4n) is 4.40. The number of nitrogens with zero attached hydrogens (tertiary/aromatic N) is 1. The van der Waals surface area contributed by atoms with Crippen LogP contribution in [0.15, 0.2) is 36.9 Å². The van der Waals surface area contributed by atoms with Gasteiger partial charge < -0.3 is 4.74 Å². The molecule has 152 valence electrons. The molecule has 3 rings (SSSR count). The van der Waals surface area contributed by atoms with Gasteiger partial charge in [-0.2, -0.15) is 5.26 Å². The highest BCUT2D eigenvalue weighted by atomic mass is 16.5. The first kappa shape index (κ1) is 21.2. The Morgan fingerprint density at radius 3 is 2.31 bits per heavy atom. The van der Waals surface area contributed by atoms with Gasteiger partial charge in [-0.25, -0.2) is 0 Å². The van der Waals surface area contributed by atoms with Crippen LogP contribution in [0.25, 0.3) is 0 Å². The third-order valence-corrected chi connectivity index (χ3v) is 6.36. The molecule has 0 spiro atoms. The van der Waals surface area contributed by atoms with E-state index in [1.54, 1.807) is 0 Å². The molecule has 0 saturated heterocycles. The van der Waals surface area contributed by atoms with E-state index < -0.39 is 0 Å². The lowest BCUT2D eigenvalue weighted by molar-refractivity contribution is -0.140. The fourth-order valence-corrected chi connectivity index (χ4v) is 4.40. The minimum Gasteiger partial charge on any atom is -0.426 e. The summed E-state index contributed by atoms with van der Waals surface area (Å²) in [6.45, 7) is 3.79. The largest absolute Gasteiger partial charge is 0.426 e. The standard InChI is InChI=1S/C26H31NO2/c1-2-3-4-20-11-15-24(16-12-20)26(28)29-25-17-13-22(14-18-25)6-5-21-7-9-23(19-27)10-8-21/h2,13-14,17-18,20-21,23-24H,1,3-4,7-12,15-16H2. The number of rotatable bonds is 5. The highest BCUT2D eigenvalue weighted by molar-refractivity contribution is 5.75. The maximum absolute atomic E-state index is 12.5. The number of hydrogen-bond donors (Lipinski definition) is 0. The van der Waals surface area contributed by atoms with Crippen LogP contribution in [0.1, 0.15) is 69.8 Å². The average Bonchev–Trinajstić information content (AvgIpc) is 2.78. The van der Waals surface area contributed by atoms with Crippen LogP contribution in [-0.4, -0.2) is 5.97 Å². The molecule has 0 aromatic heterocycles. The van der Waals surface area contributed by atoms with E-state index in [-0.39, 0.29) is 17.8 Å². The van der Waals surface area contributed by atoms with Crippen molar-refractivity contribution in [3.63, 3.8) is 0 Å². The van der Waals surface area contributed by atoms with Crippen molar-refractivity contribution < 1.29 is 9.53 Å². The van der Waals surface area contributed by atoms with Gasteiger partial charge in [-0.15, -0.1) is 6.58 Å². The van der Waals surface area contributed by atoms with Crippen molar-refractivity contribution in [2.45, 2.75) is 64.2 Å². The molecular formula is C26H31NO2. The van der Waals surface area contributed by atoms with Crippen molar-refractivity contribution in [1.82, 2.24) is 0 Å². The summed E-state index contributed by atoms with van der Waals surface area (Å²) < 4.78 is 5.61. The second-order valence-electron chi connectivity index (χ2n) is 8.48. The number of carbonyl (C=O) groups excluding carboxylic acids is 1. The molecule has 0 bridgehead atoms. The van der Waals surface area contributed by atoms with Crippen LogP contribution in [0.2, 0.25) is 0 Å². The lowest BCUT2D eigenvalue weighted by atomic mass is 9.80. The van der Waals surface area contributed by atoms with Crippen LogP contribution in [-0.2, 0) is 4.79 Å². The van der Waals surface area contributed by atoms with Gasteiger partial charge in [0.1, 0.15) is 5.75 Å². The number of esters is 1. The first-order valence-electron chi connectivity index (χ1n) is 11.0. The molecule has 0 N–H and O–H groups in total. The van der Waals surface area contributed by atoms with Crippen molar-refractivity contribution in [3.8, 4) is 23.7 Å². The minimum atomic E-state index is -0.0970. The molecule has 0 unspecified atom stereocenters. The van der Waals surface area contributed by atoms with Gasteiger partial charge in [0.05, 0.1) is 12.0 Å².